The molecule has 0 fully saturated rings. The van der Waals surface area contributed by atoms with E-state index in [9.17, 15) is 9.59 Å². The summed E-state index contributed by atoms with van der Waals surface area (Å²) in [5.74, 6) is -0.676. The summed E-state index contributed by atoms with van der Waals surface area (Å²) in [5, 5.41) is 21.2. The number of benzene rings is 2. The molecule has 0 radical (unpaired) electrons. The molecule has 0 aliphatic heterocycles. The molecule has 0 amide bonds. The van der Waals surface area contributed by atoms with Crippen molar-refractivity contribution in [3.63, 3.8) is 0 Å². The van der Waals surface area contributed by atoms with E-state index in [-0.39, 0.29) is 24.5 Å². The van der Waals surface area contributed by atoms with Gasteiger partial charge in [0.25, 0.3) is 5.09 Å². The van der Waals surface area contributed by atoms with Gasteiger partial charge in [-0.2, -0.15) is 0 Å². The molecule has 0 aliphatic carbocycles. The van der Waals surface area contributed by atoms with Crippen LogP contribution in [0.1, 0.15) is 41.5 Å². The topological polar surface area (TPSA) is 227 Å². The number of aliphatic hydroxyl groups is 1. The van der Waals surface area contributed by atoms with Crippen LogP contribution in [0.3, 0.4) is 0 Å². The van der Waals surface area contributed by atoms with Crippen LogP contribution in [0.2, 0.25) is 0 Å². The second kappa shape index (κ2) is 19.3. The van der Waals surface area contributed by atoms with Crippen molar-refractivity contribution in [2.24, 2.45) is 16.5 Å². The molecule has 0 saturated heterocycles. The van der Waals surface area contributed by atoms with E-state index in [1.54, 1.807) is 69.3 Å². The minimum atomic E-state index is -1.50. The number of aliphatic hydroxyl groups excluding tert-OH is 1. The minimum Gasteiger partial charge on any atom is -0.462 e. The van der Waals surface area contributed by atoms with E-state index in [0.717, 1.165) is 0 Å². The third-order valence-electron chi connectivity index (χ3n) is 3.06. The summed E-state index contributed by atoms with van der Waals surface area (Å²) in [6.07, 6.45) is 0. The van der Waals surface area contributed by atoms with Gasteiger partial charge in [-0.25, -0.2) is 14.6 Å². The number of hydrogen-bond acceptors (Lipinski definition) is 9. The number of carbonyl (C=O) groups is 2. The quantitative estimate of drug-likeness (QED) is 0.103. The molecule has 0 aliphatic rings. The standard InChI is InChI=1S/C10H13N3O2.C9H11NO2.C2H6O.HNO3/c1-2-15-9(14)7-3-5-8(6-4-7)13-10(11)12;1-2-12-9(11)7-3-5-8(10)6-4-7;1-2-3;2-1(3)4/h3-6H,2H2,1H3,(H4,11,12,13);3-6H,2,10H2,1H3;3H,2H2,1H3;(H,2,3,4). The summed E-state index contributed by atoms with van der Waals surface area (Å²) in [6, 6.07) is 13.1. The Balaban J connectivity index is 0. The van der Waals surface area contributed by atoms with Gasteiger partial charge in [-0.3, -0.25) is 0 Å². The van der Waals surface area contributed by atoms with Gasteiger partial charge in [-0.1, -0.05) is 0 Å². The molecule has 0 bridgehead atoms. The van der Waals surface area contributed by atoms with Crippen LogP contribution in [-0.2, 0) is 9.47 Å². The molecule has 34 heavy (non-hydrogen) atoms. The van der Waals surface area contributed by atoms with Gasteiger partial charge in [-0.15, -0.1) is 10.1 Å². The van der Waals surface area contributed by atoms with E-state index in [1.807, 2.05) is 0 Å². The number of ether oxygens (including phenoxy) is 2. The van der Waals surface area contributed by atoms with Crippen molar-refractivity contribution in [2.75, 3.05) is 25.6 Å². The van der Waals surface area contributed by atoms with Crippen molar-refractivity contribution in [3.05, 3.63) is 69.8 Å². The summed E-state index contributed by atoms with van der Waals surface area (Å²) < 4.78 is 9.61. The van der Waals surface area contributed by atoms with Crippen LogP contribution in [0.25, 0.3) is 0 Å². The lowest BCUT2D eigenvalue weighted by Crippen LogP contribution is -2.21. The molecular weight excluding hydrogens is 450 g/mol. The summed E-state index contributed by atoms with van der Waals surface area (Å²) >= 11 is 0. The van der Waals surface area contributed by atoms with Crippen molar-refractivity contribution in [3.8, 4) is 0 Å². The molecule has 13 nitrogen and oxygen atoms in total. The monoisotopic (exact) mass is 481 g/mol. The van der Waals surface area contributed by atoms with Crippen molar-refractivity contribution in [2.45, 2.75) is 20.8 Å². The fourth-order valence-electron chi connectivity index (χ4n) is 1.87. The van der Waals surface area contributed by atoms with Gasteiger partial charge >= 0.3 is 11.9 Å². The highest BCUT2D eigenvalue weighted by Crippen LogP contribution is 2.13. The van der Waals surface area contributed by atoms with Crippen molar-refractivity contribution in [1.82, 2.24) is 0 Å². The van der Waals surface area contributed by atoms with Gasteiger partial charge in [0.15, 0.2) is 5.96 Å². The second-order valence-electron chi connectivity index (χ2n) is 5.70. The Morgan fingerprint density at radius 2 is 1.24 bits per heavy atom. The fraction of sp³-hybridized carbons (Fsp3) is 0.286. The van der Waals surface area contributed by atoms with Crippen molar-refractivity contribution < 1.29 is 34.5 Å². The number of carbonyl (C=O) groups excluding carboxylic acids is 2. The van der Waals surface area contributed by atoms with Crippen molar-refractivity contribution >= 4 is 29.3 Å². The van der Waals surface area contributed by atoms with Crippen LogP contribution < -0.4 is 17.2 Å². The average Bonchev–Trinajstić information content (AvgIpc) is 2.75. The Labute approximate surface area is 196 Å². The SMILES string of the molecule is CCO.CCOC(=O)c1ccc(N)cc1.CCOC(=O)c1ccc(N=C(N)N)cc1.O=[N+]([O-])O. The van der Waals surface area contributed by atoms with Gasteiger partial charge in [0.2, 0.25) is 0 Å². The van der Waals surface area contributed by atoms with Crippen LogP contribution in [0.4, 0.5) is 11.4 Å². The normalized spacial score (nSPS) is 8.71. The maximum Gasteiger partial charge on any atom is 0.338 e. The number of esters is 2. The Kier molecular flexibility index (Phi) is 18.1. The Bertz CT molecular complexity index is 879. The first-order chi connectivity index (χ1) is 16.0. The molecule has 2 rings (SSSR count). The highest BCUT2D eigenvalue weighted by Gasteiger charge is 2.05. The third kappa shape index (κ3) is 17.3. The third-order valence-corrected chi connectivity index (χ3v) is 3.06. The maximum atomic E-state index is 11.3. The Morgan fingerprint density at radius 3 is 1.53 bits per heavy atom. The number of anilines is 1. The number of aliphatic imine (C=N–C) groups is 1. The summed E-state index contributed by atoms with van der Waals surface area (Å²) in [4.78, 5) is 34.6. The first-order valence-electron chi connectivity index (χ1n) is 9.85. The zero-order chi connectivity index (χ0) is 26.5. The molecule has 0 heterocycles. The van der Waals surface area contributed by atoms with E-state index >= 15 is 0 Å². The Hall–Kier alpha value is -4.39. The lowest BCUT2D eigenvalue weighted by molar-refractivity contribution is -0.742. The van der Waals surface area contributed by atoms with Gasteiger partial charge in [-0.05, 0) is 69.3 Å². The first kappa shape index (κ1) is 31.8. The molecule has 2 aromatic carbocycles. The molecule has 0 atom stereocenters. The average molecular weight is 482 g/mol. The number of nitrogens with two attached hydrogens (primary N) is 3. The minimum absolute atomic E-state index is 0.0149. The molecular formula is C21H31N5O8. The van der Waals surface area contributed by atoms with Crippen LogP contribution in [0.5, 0.6) is 0 Å². The van der Waals surface area contributed by atoms with E-state index in [1.165, 1.54) is 0 Å². The van der Waals surface area contributed by atoms with Crippen LogP contribution >= 0.6 is 0 Å². The first-order valence-corrected chi connectivity index (χ1v) is 9.85. The van der Waals surface area contributed by atoms with Crippen molar-refractivity contribution in [1.29, 1.82) is 0 Å². The molecule has 0 saturated carbocycles. The molecule has 8 N–H and O–H groups in total. The zero-order valence-corrected chi connectivity index (χ0v) is 19.2. The molecule has 0 aromatic heterocycles. The van der Waals surface area contributed by atoms with E-state index in [0.29, 0.717) is 35.7 Å². The largest absolute Gasteiger partial charge is 0.462 e. The highest BCUT2D eigenvalue weighted by atomic mass is 16.9. The second-order valence-corrected chi connectivity index (χ2v) is 5.70. The highest BCUT2D eigenvalue weighted by molar-refractivity contribution is 5.90. The summed E-state index contributed by atoms with van der Waals surface area (Å²) in [6.45, 7) is 6.21. The summed E-state index contributed by atoms with van der Waals surface area (Å²) in [5.41, 5.74) is 18.1. The zero-order valence-electron chi connectivity index (χ0n) is 19.2. The lowest BCUT2D eigenvalue weighted by atomic mass is 10.2. The van der Waals surface area contributed by atoms with Gasteiger partial charge < -0.3 is 37.0 Å². The van der Waals surface area contributed by atoms with E-state index < -0.39 is 5.09 Å². The summed E-state index contributed by atoms with van der Waals surface area (Å²) in [7, 11) is 0. The van der Waals surface area contributed by atoms with Crippen LogP contribution in [0.15, 0.2) is 53.5 Å². The fourth-order valence-corrected chi connectivity index (χ4v) is 1.87. The molecule has 13 heteroatoms. The maximum absolute atomic E-state index is 11.3. The number of rotatable bonds is 5. The predicted octanol–water partition coefficient (Wildman–Crippen LogP) is 1.86. The van der Waals surface area contributed by atoms with E-state index in [2.05, 4.69) is 4.99 Å². The van der Waals surface area contributed by atoms with E-state index in [4.69, 9.17) is 47.1 Å². The predicted molar refractivity (Wildman–Crippen MR) is 126 cm³/mol. The van der Waals surface area contributed by atoms with Crippen LogP contribution in [0, 0.1) is 10.1 Å². The van der Waals surface area contributed by atoms with Gasteiger partial charge in [0.05, 0.1) is 30.0 Å². The number of nitrogen functional groups attached to an aromatic ring is 1. The Morgan fingerprint density at radius 1 is 0.912 bits per heavy atom. The lowest BCUT2D eigenvalue weighted by Gasteiger charge is -2.01. The number of guanidine groups is 1. The molecule has 188 valence electrons. The molecule has 0 spiro atoms. The number of hydrogen-bond donors (Lipinski definition) is 5. The van der Waals surface area contributed by atoms with Gasteiger partial charge in [0.1, 0.15) is 0 Å². The van der Waals surface area contributed by atoms with Crippen LogP contribution in [-0.4, -0.2) is 53.1 Å². The van der Waals surface area contributed by atoms with Gasteiger partial charge in [0, 0.05) is 12.3 Å². The smallest absolute Gasteiger partial charge is 0.338 e. The molecule has 2 aromatic rings. The number of nitrogens with zero attached hydrogens (tertiary/aromatic N) is 2. The molecule has 0 unspecified atom stereocenters.